The summed E-state index contributed by atoms with van der Waals surface area (Å²) in [7, 11) is 3.14. The number of carbonyl (C=O) groups is 2. The summed E-state index contributed by atoms with van der Waals surface area (Å²) < 4.78 is 0. The van der Waals surface area contributed by atoms with Crippen molar-refractivity contribution in [2.75, 3.05) is 19.0 Å². The second kappa shape index (κ2) is 5.73. The first-order valence-corrected chi connectivity index (χ1v) is 5.71. The van der Waals surface area contributed by atoms with Gasteiger partial charge < -0.3 is 10.0 Å². The van der Waals surface area contributed by atoms with Gasteiger partial charge in [-0.2, -0.15) is 0 Å². The molecule has 0 bridgehead atoms. The molecule has 1 aromatic carbocycles. The van der Waals surface area contributed by atoms with Crippen molar-refractivity contribution >= 4 is 29.3 Å². The van der Waals surface area contributed by atoms with E-state index in [0.717, 1.165) is 0 Å². The van der Waals surface area contributed by atoms with E-state index in [1.165, 1.54) is 16.7 Å². The molecule has 0 aromatic heterocycles. The van der Waals surface area contributed by atoms with Crippen molar-refractivity contribution in [3.8, 4) is 0 Å². The summed E-state index contributed by atoms with van der Waals surface area (Å²) in [4.78, 5) is 25.6. The van der Waals surface area contributed by atoms with E-state index in [9.17, 15) is 9.59 Å². The Morgan fingerprint density at radius 3 is 2.11 bits per heavy atom. The molecule has 0 aliphatic carbocycles. The SMILES string of the molecule is C[C@H](C(=O)O)N(C(=O)N(C)C)c1ccc(Cl)cc1. The second-order valence-electron chi connectivity index (χ2n) is 4.04. The second-order valence-corrected chi connectivity index (χ2v) is 4.47. The van der Waals surface area contributed by atoms with Crippen molar-refractivity contribution in [2.24, 2.45) is 0 Å². The fourth-order valence-electron chi connectivity index (χ4n) is 1.43. The van der Waals surface area contributed by atoms with Crippen LogP contribution in [0.1, 0.15) is 6.92 Å². The Balaban J connectivity index is 3.15. The van der Waals surface area contributed by atoms with Gasteiger partial charge in [0.2, 0.25) is 0 Å². The van der Waals surface area contributed by atoms with Gasteiger partial charge in [0.25, 0.3) is 0 Å². The molecule has 0 radical (unpaired) electrons. The molecule has 18 heavy (non-hydrogen) atoms. The van der Waals surface area contributed by atoms with E-state index in [1.54, 1.807) is 38.4 Å². The molecule has 1 aromatic rings. The Kier molecular flexibility index (Phi) is 4.55. The molecule has 0 fully saturated rings. The lowest BCUT2D eigenvalue weighted by atomic mass is 10.2. The van der Waals surface area contributed by atoms with E-state index in [4.69, 9.17) is 16.7 Å². The maximum Gasteiger partial charge on any atom is 0.326 e. The van der Waals surface area contributed by atoms with Gasteiger partial charge in [-0.05, 0) is 31.2 Å². The third-order valence-corrected chi connectivity index (χ3v) is 2.69. The van der Waals surface area contributed by atoms with Gasteiger partial charge in [0, 0.05) is 24.8 Å². The molecule has 1 rings (SSSR count). The van der Waals surface area contributed by atoms with Crippen molar-refractivity contribution in [3.05, 3.63) is 29.3 Å². The van der Waals surface area contributed by atoms with Gasteiger partial charge in [-0.1, -0.05) is 11.6 Å². The van der Waals surface area contributed by atoms with Gasteiger partial charge in [0.1, 0.15) is 6.04 Å². The number of carbonyl (C=O) groups excluding carboxylic acids is 1. The van der Waals surface area contributed by atoms with E-state index in [2.05, 4.69) is 0 Å². The number of amides is 2. The monoisotopic (exact) mass is 270 g/mol. The average Bonchev–Trinajstić information content (AvgIpc) is 2.31. The van der Waals surface area contributed by atoms with Crippen LogP contribution in [0, 0.1) is 0 Å². The van der Waals surface area contributed by atoms with Crippen LogP contribution in [0.25, 0.3) is 0 Å². The zero-order chi connectivity index (χ0) is 13.9. The molecule has 0 aliphatic heterocycles. The van der Waals surface area contributed by atoms with Crippen LogP contribution >= 0.6 is 11.6 Å². The van der Waals surface area contributed by atoms with Crippen LogP contribution in [0.2, 0.25) is 5.02 Å². The predicted molar refractivity (Wildman–Crippen MR) is 70.1 cm³/mol. The Bertz CT molecular complexity index is 445. The third-order valence-electron chi connectivity index (χ3n) is 2.44. The van der Waals surface area contributed by atoms with E-state index < -0.39 is 18.0 Å². The summed E-state index contributed by atoms with van der Waals surface area (Å²) in [5.41, 5.74) is 0.494. The lowest BCUT2D eigenvalue weighted by molar-refractivity contribution is -0.138. The maximum absolute atomic E-state index is 12.0. The molecule has 2 amide bonds. The minimum absolute atomic E-state index is 0.396. The highest BCUT2D eigenvalue weighted by Crippen LogP contribution is 2.21. The molecule has 98 valence electrons. The van der Waals surface area contributed by atoms with Crippen LogP contribution < -0.4 is 4.90 Å². The van der Waals surface area contributed by atoms with Gasteiger partial charge in [-0.3, -0.25) is 4.90 Å². The highest BCUT2D eigenvalue weighted by Gasteiger charge is 2.28. The molecule has 0 heterocycles. The molecule has 1 atom stereocenters. The lowest BCUT2D eigenvalue weighted by Crippen LogP contribution is -2.48. The Hall–Kier alpha value is -1.75. The van der Waals surface area contributed by atoms with Gasteiger partial charge >= 0.3 is 12.0 Å². The van der Waals surface area contributed by atoms with E-state index in [0.29, 0.717) is 10.7 Å². The van der Waals surface area contributed by atoms with Gasteiger partial charge in [-0.15, -0.1) is 0 Å². The minimum atomic E-state index is -1.07. The first kappa shape index (κ1) is 14.3. The Labute approximate surface area is 111 Å². The summed E-state index contributed by atoms with van der Waals surface area (Å²) in [6, 6.07) is 5.10. The number of hydrogen-bond acceptors (Lipinski definition) is 2. The topological polar surface area (TPSA) is 60.9 Å². The molecular formula is C12H15ClN2O3. The number of halogens is 1. The molecule has 0 spiro atoms. The third kappa shape index (κ3) is 3.13. The quantitative estimate of drug-likeness (QED) is 0.917. The minimum Gasteiger partial charge on any atom is -0.480 e. The van der Waals surface area contributed by atoms with Crippen molar-refractivity contribution < 1.29 is 14.7 Å². The van der Waals surface area contributed by atoms with Crippen LogP contribution in [-0.4, -0.2) is 42.1 Å². The van der Waals surface area contributed by atoms with Gasteiger partial charge in [-0.25, -0.2) is 9.59 Å². The molecule has 0 saturated carbocycles. The molecule has 5 nitrogen and oxygen atoms in total. The maximum atomic E-state index is 12.0. The molecule has 6 heteroatoms. The Morgan fingerprint density at radius 2 is 1.72 bits per heavy atom. The molecule has 0 aliphatic rings. The smallest absolute Gasteiger partial charge is 0.326 e. The summed E-state index contributed by atoms with van der Waals surface area (Å²) in [6.07, 6.45) is 0. The van der Waals surface area contributed by atoms with Gasteiger partial charge in [0.15, 0.2) is 0 Å². The number of urea groups is 1. The summed E-state index contributed by atoms with van der Waals surface area (Å²) >= 11 is 5.77. The number of carboxylic acid groups (broad SMARTS) is 1. The van der Waals surface area contributed by atoms with Crippen LogP contribution in [0.15, 0.2) is 24.3 Å². The first-order chi connectivity index (χ1) is 8.34. The van der Waals surface area contributed by atoms with Crippen molar-refractivity contribution in [2.45, 2.75) is 13.0 Å². The number of nitrogens with zero attached hydrogens (tertiary/aromatic N) is 2. The summed E-state index contributed by atoms with van der Waals surface area (Å²) in [6.45, 7) is 1.46. The van der Waals surface area contributed by atoms with Crippen LogP contribution in [0.3, 0.4) is 0 Å². The summed E-state index contributed by atoms with van der Waals surface area (Å²) in [5.74, 6) is -1.07. The number of aliphatic carboxylic acids is 1. The molecule has 1 N–H and O–H groups in total. The summed E-state index contributed by atoms with van der Waals surface area (Å²) in [5, 5.41) is 9.59. The van der Waals surface area contributed by atoms with E-state index >= 15 is 0 Å². The first-order valence-electron chi connectivity index (χ1n) is 5.33. The number of carboxylic acids is 1. The number of benzene rings is 1. The zero-order valence-corrected chi connectivity index (χ0v) is 11.2. The standard InChI is InChI=1S/C12H15ClN2O3/c1-8(11(16)17)15(12(18)14(2)3)10-6-4-9(13)5-7-10/h4-8H,1-3H3,(H,16,17)/t8-/m1/s1. The van der Waals surface area contributed by atoms with E-state index in [-0.39, 0.29) is 0 Å². The van der Waals surface area contributed by atoms with Crippen molar-refractivity contribution in [1.29, 1.82) is 0 Å². The fourth-order valence-corrected chi connectivity index (χ4v) is 1.55. The molecule has 0 saturated heterocycles. The predicted octanol–water partition coefficient (Wildman–Crippen LogP) is 2.30. The van der Waals surface area contributed by atoms with Crippen LogP contribution in [0.4, 0.5) is 10.5 Å². The normalized spacial score (nSPS) is 11.8. The average molecular weight is 271 g/mol. The van der Waals surface area contributed by atoms with Crippen molar-refractivity contribution in [1.82, 2.24) is 4.90 Å². The fraction of sp³-hybridized carbons (Fsp3) is 0.333. The molecular weight excluding hydrogens is 256 g/mol. The number of hydrogen-bond donors (Lipinski definition) is 1. The lowest BCUT2D eigenvalue weighted by Gasteiger charge is -2.29. The number of anilines is 1. The zero-order valence-electron chi connectivity index (χ0n) is 10.4. The van der Waals surface area contributed by atoms with Crippen LogP contribution in [0.5, 0.6) is 0 Å². The van der Waals surface area contributed by atoms with Gasteiger partial charge in [0.05, 0.1) is 0 Å². The highest BCUT2D eigenvalue weighted by atomic mass is 35.5. The highest BCUT2D eigenvalue weighted by molar-refractivity contribution is 6.30. The largest absolute Gasteiger partial charge is 0.480 e. The Morgan fingerprint density at radius 1 is 1.22 bits per heavy atom. The van der Waals surface area contributed by atoms with E-state index in [1.807, 2.05) is 0 Å². The number of rotatable bonds is 3. The van der Waals surface area contributed by atoms with Crippen molar-refractivity contribution in [3.63, 3.8) is 0 Å². The molecule has 0 unspecified atom stereocenters. The van der Waals surface area contributed by atoms with Crippen LogP contribution in [-0.2, 0) is 4.79 Å².